The molecule has 2 aromatic heterocycles. The summed E-state index contributed by atoms with van der Waals surface area (Å²) in [5.41, 5.74) is 9.23. The van der Waals surface area contributed by atoms with Crippen LogP contribution in [0.15, 0.2) is 53.5 Å². The predicted octanol–water partition coefficient (Wildman–Crippen LogP) is 0.886. The minimum absolute atomic E-state index is 0.102. The van der Waals surface area contributed by atoms with Crippen LogP contribution in [0.1, 0.15) is 5.56 Å². The Bertz CT molecular complexity index is 897. The molecule has 1 aromatic carbocycles. The molecule has 0 spiro atoms. The van der Waals surface area contributed by atoms with Crippen LogP contribution in [-0.2, 0) is 13.0 Å². The first-order valence-electron chi connectivity index (χ1n) is 7.85. The topological polar surface area (TPSA) is 68.6 Å². The lowest BCUT2D eigenvalue weighted by atomic mass is 9.98. The zero-order chi connectivity index (χ0) is 15.8. The van der Waals surface area contributed by atoms with Crippen molar-refractivity contribution < 1.29 is 0 Å². The van der Waals surface area contributed by atoms with E-state index in [9.17, 15) is 4.79 Å². The van der Waals surface area contributed by atoms with Crippen molar-refractivity contribution in [3.63, 3.8) is 0 Å². The average Bonchev–Trinajstić information content (AvgIpc) is 2.89. The van der Waals surface area contributed by atoms with Gasteiger partial charge in [-0.3, -0.25) is 4.40 Å². The van der Waals surface area contributed by atoms with Crippen LogP contribution in [0, 0.1) is 0 Å². The molecule has 6 nitrogen and oxygen atoms in total. The van der Waals surface area contributed by atoms with Gasteiger partial charge in [0.15, 0.2) is 5.65 Å². The standard InChI is InChI=1S/C17H19N5O/c18-14-11-13-5-1-2-6-15(13)20(12-14)9-10-22-17(23)21-8-4-3-7-16(21)19-22/h1-8,14H,9-12,18H2. The van der Waals surface area contributed by atoms with E-state index in [0.29, 0.717) is 18.7 Å². The van der Waals surface area contributed by atoms with Crippen molar-refractivity contribution in [2.24, 2.45) is 5.73 Å². The number of nitrogens with zero attached hydrogens (tertiary/aromatic N) is 4. The monoisotopic (exact) mass is 309 g/mol. The van der Waals surface area contributed by atoms with Gasteiger partial charge in [-0.15, -0.1) is 5.10 Å². The van der Waals surface area contributed by atoms with Crippen molar-refractivity contribution in [3.8, 4) is 0 Å². The molecule has 1 aliphatic heterocycles. The summed E-state index contributed by atoms with van der Waals surface area (Å²) in [6.45, 7) is 2.06. The Labute approximate surface area is 133 Å². The highest BCUT2D eigenvalue weighted by atomic mass is 16.2. The molecule has 1 unspecified atom stereocenters. The fourth-order valence-electron chi connectivity index (χ4n) is 3.26. The number of fused-ring (bicyclic) bond motifs is 2. The van der Waals surface area contributed by atoms with Crippen LogP contribution in [0.3, 0.4) is 0 Å². The molecule has 0 saturated carbocycles. The van der Waals surface area contributed by atoms with E-state index in [1.54, 1.807) is 10.6 Å². The molecule has 6 heteroatoms. The Morgan fingerprint density at radius 3 is 2.83 bits per heavy atom. The maximum Gasteiger partial charge on any atom is 0.350 e. The summed E-state index contributed by atoms with van der Waals surface area (Å²) in [6, 6.07) is 14.0. The van der Waals surface area contributed by atoms with E-state index in [1.807, 2.05) is 30.3 Å². The van der Waals surface area contributed by atoms with E-state index in [1.165, 1.54) is 15.9 Å². The maximum absolute atomic E-state index is 12.3. The molecule has 0 bridgehead atoms. The van der Waals surface area contributed by atoms with Crippen LogP contribution in [0.2, 0.25) is 0 Å². The first-order chi connectivity index (χ1) is 11.2. The normalized spacial score (nSPS) is 17.4. The zero-order valence-corrected chi connectivity index (χ0v) is 12.8. The Kier molecular flexibility index (Phi) is 3.38. The third kappa shape index (κ3) is 2.51. The highest BCUT2D eigenvalue weighted by molar-refractivity contribution is 5.56. The summed E-state index contributed by atoms with van der Waals surface area (Å²) in [5, 5.41) is 4.38. The van der Waals surface area contributed by atoms with Crippen LogP contribution < -0.4 is 16.3 Å². The largest absolute Gasteiger partial charge is 0.368 e. The number of para-hydroxylation sites is 1. The van der Waals surface area contributed by atoms with Gasteiger partial charge in [-0.05, 0) is 30.2 Å². The Balaban J connectivity index is 1.59. The Morgan fingerprint density at radius 1 is 1.13 bits per heavy atom. The van der Waals surface area contributed by atoms with E-state index >= 15 is 0 Å². The lowest BCUT2D eigenvalue weighted by Crippen LogP contribution is -2.45. The molecule has 0 aliphatic carbocycles. The second-order valence-electron chi connectivity index (χ2n) is 5.97. The number of anilines is 1. The lowest BCUT2D eigenvalue weighted by molar-refractivity contribution is 0.539. The summed E-state index contributed by atoms with van der Waals surface area (Å²) >= 11 is 0. The fourth-order valence-corrected chi connectivity index (χ4v) is 3.26. The van der Waals surface area contributed by atoms with E-state index in [0.717, 1.165) is 13.0 Å². The van der Waals surface area contributed by atoms with Crippen LogP contribution in [0.25, 0.3) is 5.65 Å². The van der Waals surface area contributed by atoms with E-state index in [2.05, 4.69) is 22.1 Å². The molecule has 23 heavy (non-hydrogen) atoms. The van der Waals surface area contributed by atoms with Crippen LogP contribution >= 0.6 is 0 Å². The van der Waals surface area contributed by atoms with Crippen molar-refractivity contribution in [1.29, 1.82) is 0 Å². The SMILES string of the molecule is NC1Cc2ccccc2N(CCn2nc3ccccn3c2=O)C1. The Hall–Kier alpha value is -2.60. The van der Waals surface area contributed by atoms with Gasteiger partial charge < -0.3 is 10.6 Å². The summed E-state index contributed by atoms with van der Waals surface area (Å²) < 4.78 is 3.09. The van der Waals surface area contributed by atoms with Gasteiger partial charge in [-0.25, -0.2) is 9.48 Å². The molecule has 4 rings (SSSR count). The molecule has 2 N–H and O–H groups in total. The van der Waals surface area contributed by atoms with Crippen LogP contribution in [0.5, 0.6) is 0 Å². The van der Waals surface area contributed by atoms with Gasteiger partial charge in [0, 0.05) is 31.0 Å². The maximum atomic E-state index is 12.3. The average molecular weight is 309 g/mol. The summed E-state index contributed by atoms with van der Waals surface area (Å²) in [7, 11) is 0. The van der Waals surface area contributed by atoms with Gasteiger partial charge in [0.25, 0.3) is 0 Å². The van der Waals surface area contributed by atoms with E-state index in [-0.39, 0.29) is 11.7 Å². The van der Waals surface area contributed by atoms with Crippen LogP contribution in [0.4, 0.5) is 5.69 Å². The molecular formula is C17H19N5O. The third-order valence-corrected chi connectivity index (χ3v) is 4.34. The molecule has 0 fully saturated rings. The first kappa shape index (κ1) is 14.0. The van der Waals surface area contributed by atoms with E-state index in [4.69, 9.17) is 5.73 Å². The van der Waals surface area contributed by atoms with Crippen molar-refractivity contribution in [2.45, 2.75) is 19.0 Å². The first-order valence-corrected chi connectivity index (χ1v) is 7.85. The molecule has 0 radical (unpaired) electrons. The van der Waals surface area contributed by atoms with Gasteiger partial charge in [-0.2, -0.15) is 0 Å². The van der Waals surface area contributed by atoms with Crippen LogP contribution in [-0.4, -0.2) is 33.3 Å². The summed E-state index contributed by atoms with van der Waals surface area (Å²) in [5.74, 6) is 0. The third-order valence-electron chi connectivity index (χ3n) is 4.34. The zero-order valence-electron chi connectivity index (χ0n) is 12.8. The van der Waals surface area contributed by atoms with Crippen molar-refractivity contribution >= 4 is 11.3 Å². The molecule has 1 atom stereocenters. The van der Waals surface area contributed by atoms with Crippen molar-refractivity contribution in [1.82, 2.24) is 14.2 Å². The fraction of sp³-hybridized carbons (Fsp3) is 0.294. The highest BCUT2D eigenvalue weighted by Crippen LogP contribution is 2.25. The smallest absolute Gasteiger partial charge is 0.350 e. The molecule has 3 heterocycles. The van der Waals surface area contributed by atoms with Gasteiger partial charge >= 0.3 is 5.69 Å². The highest BCUT2D eigenvalue weighted by Gasteiger charge is 2.21. The lowest BCUT2D eigenvalue weighted by Gasteiger charge is -2.34. The second-order valence-corrected chi connectivity index (χ2v) is 5.97. The number of nitrogens with two attached hydrogens (primary N) is 1. The molecule has 1 aliphatic rings. The molecule has 0 saturated heterocycles. The number of rotatable bonds is 3. The van der Waals surface area contributed by atoms with Gasteiger partial charge in [0.05, 0.1) is 6.54 Å². The molecule has 0 amide bonds. The molecule has 3 aromatic rings. The van der Waals surface area contributed by atoms with E-state index < -0.39 is 0 Å². The summed E-state index contributed by atoms with van der Waals surface area (Å²) in [4.78, 5) is 14.6. The molecule has 118 valence electrons. The number of pyridine rings is 1. The predicted molar refractivity (Wildman–Crippen MR) is 89.8 cm³/mol. The quantitative estimate of drug-likeness (QED) is 0.780. The minimum Gasteiger partial charge on any atom is -0.368 e. The number of benzene rings is 1. The summed E-state index contributed by atoms with van der Waals surface area (Å²) in [6.07, 6.45) is 2.65. The van der Waals surface area contributed by atoms with Crippen molar-refractivity contribution in [2.75, 3.05) is 18.0 Å². The number of hydrogen-bond donors (Lipinski definition) is 1. The van der Waals surface area contributed by atoms with Crippen molar-refractivity contribution in [3.05, 3.63) is 64.7 Å². The Morgan fingerprint density at radius 2 is 1.96 bits per heavy atom. The van der Waals surface area contributed by atoms with Gasteiger partial charge in [0.2, 0.25) is 0 Å². The second kappa shape index (κ2) is 5.55. The number of aromatic nitrogens is 3. The van der Waals surface area contributed by atoms with Gasteiger partial charge in [0.1, 0.15) is 0 Å². The minimum atomic E-state index is -0.102. The molecular weight excluding hydrogens is 290 g/mol. The number of hydrogen-bond acceptors (Lipinski definition) is 4. The van der Waals surface area contributed by atoms with Gasteiger partial charge in [-0.1, -0.05) is 24.3 Å².